The summed E-state index contributed by atoms with van der Waals surface area (Å²) in [5, 5.41) is 7.42. The van der Waals surface area contributed by atoms with Crippen molar-refractivity contribution in [1.82, 2.24) is 10.3 Å². The summed E-state index contributed by atoms with van der Waals surface area (Å²) in [5.41, 5.74) is 0.470. The number of hydrogen-bond donors (Lipinski definition) is 2. The number of pyridine rings is 1. The van der Waals surface area contributed by atoms with Gasteiger partial charge >= 0.3 is 0 Å². The molecule has 2 aromatic rings. The second-order valence-corrected chi connectivity index (χ2v) is 6.84. The zero-order valence-corrected chi connectivity index (χ0v) is 15.7. The quantitative estimate of drug-likeness (QED) is 0.709. The van der Waals surface area contributed by atoms with E-state index in [1.54, 1.807) is 18.2 Å². The number of nitrogens with zero attached hydrogens (tertiary/aromatic N) is 1. The van der Waals surface area contributed by atoms with Gasteiger partial charge in [-0.05, 0) is 49.8 Å². The van der Waals surface area contributed by atoms with Gasteiger partial charge in [-0.15, -0.1) is 0 Å². The van der Waals surface area contributed by atoms with Crippen molar-refractivity contribution in [1.29, 1.82) is 0 Å². The highest BCUT2D eigenvalue weighted by Crippen LogP contribution is 2.47. The minimum Gasteiger partial charge on any atom is -0.492 e. The van der Waals surface area contributed by atoms with Crippen molar-refractivity contribution in [2.75, 3.05) is 11.9 Å². The minimum atomic E-state index is -0.332. The Kier molecular flexibility index (Phi) is 5.61. The average Bonchev–Trinajstić information content (AvgIpc) is 3.31. The van der Waals surface area contributed by atoms with Crippen molar-refractivity contribution in [2.45, 2.75) is 25.3 Å². The molecule has 2 N–H and O–H groups in total. The minimum absolute atomic E-state index is 0.0103. The molecular formula is C17H16Cl2FN3OS. The van der Waals surface area contributed by atoms with Crippen LogP contribution in [0.3, 0.4) is 0 Å². The van der Waals surface area contributed by atoms with Crippen molar-refractivity contribution < 1.29 is 9.13 Å². The van der Waals surface area contributed by atoms with Crippen molar-refractivity contribution in [3.8, 4) is 5.75 Å². The molecule has 0 spiro atoms. The third-order valence-electron chi connectivity index (χ3n) is 3.84. The zero-order valence-electron chi connectivity index (χ0n) is 13.4. The molecule has 0 unspecified atom stereocenters. The summed E-state index contributed by atoms with van der Waals surface area (Å²) in [7, 11) is 0. The highest BCUT2D eigenvalue weighted by Gasteiger charge is 2.42. The summed E-state index contributed by atoms with van der Waals surface area (Å²) in [6.07, 6.45) is 2.27. The standard InChI is InChI=1S/C17H16Cl2FN3OS/c1-2-24-13-5-4-11(20)15(16(13)19)10-7-12(10)22-17(25)23-14-6-3-9(18)8-21-14/h3-6,8,10,12H,2,7H2,1H3,(H2,21,22,23,25)/t10-,12+/m0/s1. The number of thiocarbonyl (C=S) groups is 1. The van der Waals surface area contributed by atoms with Crippen LogP contribution in [0.5, 0.6) is 5.75 Å². The van der Waals surface area contributed by atoms with Gasteiger partial charge in [0.15, 0.2) is 5.11 Å². The smallest absolute Gasteiger partial charge is 0.172 e. The van der Waals surface area contributed by atoms with Gasteiger partial charge in [-0.3, -0.25) is 0 Å². The SMILES string of the molecule is CCOc1ccc(F)c([C@H]2C[C@H]2NC(=S)Nc2ccc(Cl)cn2)c1Cl. The predicted octanol–water partition coefficient (Wildman–Crippen LogP) is 4.77. The summed E-state index contributed by atoms with van der Waals surface area (Å²) >= 11 is 17.4. The first kappa shape index (κ1) is 18.2. The summed E-state index contributed by atoms with van der Waals surface area (Å²) in [5.74, 6) is 0.700. The lowest BCUT2D eigenvalue weighted by molar-refractivity contribution is 0.339. The van der Waals surface area contributed by atoms with Crippen LogP contribution in [0.15, 0.2) is 30.5 Å². The highest BCUT2D eigenvalue weighted by molar-refractivity contribution is 7.80. The van der Waals surface area contributed by atoms with Crippen LogP contribution in [0.1, 0.15) is 24.8 Å². The van der Waals surface area contributed by atoms with Gasteiger partial charge < -0.3 is 15.4 Å². The molecule has 1 fully saturated rings. The molecule has 1 aliphatic carbocycles. The molecule has 132 valence electrons. The van der Waals surface area contributed by atoms with Crippen molar-refractivity contribution in [3.05, 3.63) is 51.9 Å². The maximum atomic E-state index is 14.2. The van der Waals surface area contributed by atoms with Crippen LogP contribution in [0, 0.1) is 5.82 Å². The first-order valence-electron chi connectivity index (χ1n) is 7.79. The normalized spacial score (nSPS) is 18.6. The molecule has 0 aliphatic heterocycles. The first-order chi connectivity index (χ1) is 12.0. The molecule has 0 saturated heterocycles. The van der Waals surface area contributed by atoms with Crippen LogP contribution < -0.4 is 15.4 Å². The van der Waals surface area contributed by atoms with Gasteiger partial charge in [-0.25, -0.2) is 9.37 Å². The van der Waals surface area contributed by atoms with E-state index in [2.05, 4.69) is 15.6 Å². The Morgan fingerprint density at radius 2 is 2.16 bits per heavy atom. The maximum absolute atomic E-state index is 14.2. The third kappa shape index (κ3) is 4.32. The number of nitrogens with one attached hydrogen (secondary N) is 2. The van der Waals surface area contributed by atoms with Crippen LogP contribution >= 0.6 is 35.4 Å². The summed E-state index contributed by atoms with van der Waals surface area (Å²) in [6.45, 7) is 2.33. The van der Waals surface area contributed by atoms with Crippen molar-refractivity contribution >= 4 is 46.4 Å². The molecule has 1 aromatic carbocycles. The van der Waals surface area contributed by atoms with Gasteiger partial charge in [0.2, 0.25) is 0 Å². The van der Waals surface area contributed by atoms with Gasteiger partial charge in [0.05, 0.1) is 16.7 Å². The second-order valence-electron chi connectivity index (χ2n) is 5.61. The van der Waals surface area contributed by atoms with Crippen LogP contribution in [-0.2, 0) is 0 Å². The Morgan fingerprint density at radius 3 is 2.84 bits per heavy atom. The molecule has 1 heterocycles. The maximum Gasteiger partial charge on any atom is 0.172 e. The lowest BCUT2D eigenvalue weighted by Gasteiger charge is -2.13. The molecule has 3 rings (SSSR count). The number of halogens is 3. The van der Waals surface area contributed by atoms with Crippen LogP contribution in [0.4, 0.5) is 10.2 Å². The van der Waals surface area contributed by atoms with Crippen LogP contribution in [-0.4, -0.2) is 22.7 Å². The van der Waals surface area contributed by atoms with Gasteiger partial charge in [-0.1, -0.05) is 23.2 Å². The van der Waals surface area contributed by atoms with E-state index in [1.807, 2.05) is 6.92 Å². The second kappa shape index (κ2) is 7.72. The monoisotopic (exact) mass is 399 g/mol. The molecule has 25 heavy (non-hydrogen) atoms. The van der Waals surface area contributed by atoms with E-state index in [1.165, 1.54) is 12.3 Å². The molecule has 1 aliphatic rings. The first-order valence-corrected chi connectivity index (χ1v) is 8.95. The predicted molar refractivity (Wildman–Crippen MR) is 102 cm³/mol. The number of aromatic nitrogens is 1. The van der Waals surface area contributed by atoms with E-state index >= 15 is 0 Å². The lowest BCUT2D eigenvalue weighted by atomic mass is 10.1. The number of ether oxygens (including phenoxy) is 1. The summed E-state index contributed by atoms with van der Waals surface area (Å²) in [4.78, 5) is 4.12. The van der Waals surface area contributed by atoms with E-state index in [0.29, 0.717) is 38.9 Å². The fourth-order valence-corrected chi connectivity index (χ4v) is 3.32. The highest BCUT2D eigenvalue weighted by atomic mass is 35.5. The Hall–Kier alpha value is -1.63. The molecule has 1 aromatic heterocycles. The number of anilines is 1. The number of benzene rings is 1. The third-order valence-corrected chi connectivity index (χ3v) is 4.67. The Bertz CT molecular complexity index is 788. The molecular weight excluding hydrogens is 384 g/mol. The van der Waals surface area contributed by atoms with E-state index in [4.69, 9.17) is 40.2 Å². The molecule has 4 nitrogen and oxygen atoms in total. The fourth-order valence-electron chi connectivity index (χ4n) is 2.60. The van der Waals surface area contributed by atoms with Gasteiger partial charge in [0.25, 0.3) is 0 Å². The largest absolute Gasteiger partial charge is 0.492 e. The number of hydrogen-bond acceptors (Lipinski definition) is 3. The zero-order chi connectivity index (χ0) is 18.0. The number of rotatable bonds is 5. The van der Waals surface area contributed by atoms with E-state index < -0.39 is 0 Å². The Labute approximate surface area is 160 Å². The van der Waals surface area contributed by atoms with Crippen molar-refractivity contribution in [2.24, 2.45) is 0 Å². The lowest BCUT2D eigenvalue weighted by Crippen LogP contribution is -2.31. The van der Waals surface area contributed by atoms with Gasteiger partial charge in [-0.2, -0.15) is 0 Å². The van der Waals surface area contributed by atoms with E-state index in [9.17, 15) is 4.39 Å². The summed E-state index contributed by atoms with van der Waals surface area (Å²) < 4.78 is 19.7. The van der Waals surface area contributed by atoms with Gasteiger partial charge in [0.1, 0.15) is 17.4 Å². The Morgan fingerprint density at radius 1 is 1.36 bits per heavy atom. The molecule has 0 bridgehead atoms. The Balaban J connectivity index is 1.64. The van der Waals surface area contributed by atoms with Gasteiger partial charge in [0, 0.05) is 23.7 Å². The van der Waals surface area contributed by atoms with Crippen LogP contribution in [0.2, 0.25) is 10.0 Å². The molecule has 2 atom stereocenters. The average molecular weight is 400 g/mol. The fraction of sp³-hybridized carbons (Fsp3) is 0.294. The van der Waals surface area contributed by atoms with Crippen LogP contribution in [0.25, 0.3) is 0 Å². The molecule has 0 amide bonds. The molecule has 0 radical (unpaired) electrons. The van der Waals surface area contributed by atoms with E-state index in [-0.39, 0.29) is 17.8 Å². The summed E-state index contributed by atoms with van der Waals surface area (Å²) in [6, 6.07) is 6.39. The topological polar surface area (TPSA) is 46.2 Å². The molecule has 1 saturated carbocycles. The van der Waals surface area contributed by atoms with E-state index in [0.717, 1.165) is 6.42 Å². The molecule has 8 heteroatoms. The van der Waals surface area contributed by atoms with Crippen molar-refractivity contribution in [3.63, 3.8) is 0 Å².